The minimum atomic E-state index is -5.06. The molecule has 0 fully saturated rings. The van der Waals surface area contributed by atoms with Crippen LogP contribution >= 0.6 is 0 Å². The Bertz CT molecular complexity index is 983. The smallest absolute Gasteiger partial charge is 0.381 e. The lowest BCUT2D eigenvalue weighted by molar-refractivity contribution is -0.143. The third kappa shape index (κ3) is 4.49. The Morgan fingerprint density at radius 3 is 1.93 bits per heavy atom. The van der Waals surface area contributed by atoms with Gasteiger partial charge in [-0.2, -0.15) is 31.4 Å². The molecule has 0 saturated heterocycles. The molecule has 0 aliphatic rings. The van der Waals surface area contributed by atoms with Gasteiger partial charge < -0.3 is 5.32 Å². The predicted octanol–water partition coefficient (Wildman–Crippen LogP) is 5.80. The summed E-state index contributed by atoms with van der Waals surface area (Å²) in [5, 5.41) is 5.70. The molecule has 1 aromatic heterocycles. The lowest BCUT2D eigenvalue weighted by Gasteiger charge is -2.12. The molecule has 0 aliphatic heterocycles. The van der Waals surface area contributed by atoms with Crippen molar-refractivity contribution < 1.29 is 35.1 Å². The average molecular weight is 421 g/mol. The predicted molar refractivity (Wildman–Crippen MR) is 87.3 cm³/mol. The van der Waals surface area contributed by atoms with Gasteiger partial charge in [0.2, 0.25) is 0 Å². The number of anilines is 1. The molecule has 154 valence electrons. The summed E-state index contributed by atoms with van der Waals surface area (Å²) in [4.78, 5) is 0. The summed E-state index contributed by atoms with van der Waals surface area (Å²) < 4.78 is 105. The molecule has 1 N–H and O–H groups in total. The minimum absolute atomic E-state index is 0.0763. The average Bonchev–Trinajstić information content (AvgIpc) is 3.08. The molecule has 3 nitrogen and oxygen atoms in total. The van der Waals surface area contributed by atoms with Crippen LogP contribution in [0.15, 0.2) is 48.5 Å². The van der Waals surface area contributed by atoms with Gasteiger partial charge in [-0.05, 0) is 36.4 Å². The molecule has 0 saturated carbocycles. The van der Waals surface area contributed by atoms with Gasteiger partial charge in [0.1, 0.15) is 17.3 Å². The Labute approximate surface area is 158 Å². The highest BCUT2D eigenvalue weighted by Gasteiger charge is 2.42. The first-order valence-corrected chi connectivity index (χ1v) is 7.98. The molecule has 0 amide bonds. The second-order valence-corrected chi connectivity index (χ2v) is 5.92. The highest BCUT2D eigenvalue weighted by molar-refractivity contribution is 5.49. The molecule has 0 bridgehead atoms. The van der Waals surface area contributed by atoms with Crippen molar-refractivity contribution in [3.8, 4) is 5.69 Å². The first kappa shape index (κ1) is 20.6. The van der Waals surface area contributed by atoms with Crippen LogP contribution < -0.4 is 5.32 Å². The lowest BCUT2D eigenvalue weighted by Crippen LogP contribution is -2.13. The van der Waals surface area contributed by atoms with E-state index in [0.717, 1.165) is 24.3 Å². The zero-order valence-corrected chi connectivity index (χ0v) is 14.2. The molecule has 11 heteroatoms. The van der Waals surface area contributed by atoms with Crippen molar-refractivity contribution in [2.45, 2.75) is 18.9 Å². The molecule has 29 heavy (non-hydrogen) atoms. The first-order valence-electron chi connectivity index (χ1n) is 7.98. The van der Waals surface area contributed by atoms with E-state index in [2.05, 4.69) is 10.4 Å². The largest absolute Gasteiger partial charge is 0.435 e. The fourth-order valence-corrected chi connectivity index (χ4v) is 2.53. The fourth-order valence-electron chi connectivity index (χ4n) is 2.53. The molecule has 1 heterocycles. The van der Waals surface area contributed by atoms with Crippen molar-refractivity contribution in [3.05, 3.63) is 77.1 Å². The maximum absolute atomic E-state index is 13.6. The number of rotatable bonds is 4. The maximum Gasteiger partial charge on any atom is 0.435 e. The number of hydrogen-bond acceptors (Lipinski definition) is 2. The van der Waals surface area contributed by atoms with Crippen LogP contribution in [0.3, 0.4) is 0 Å². The van der Waals surface area contributed by atoms with E-state index >= 15 is 0 Å². The number of hydrogen-bond donors (Lipinski definition) is 1. The zero-order chi connectivity index (χ0) is 21.4. The van der Waals surface area contributed by atoms with Crippen LogP contribution in [0.25, 0.3) is 5.69 Å². The van der Waals surface area contributed by atoms with Gasteiger partial charge in [0.05, 0.1) is 5.69 Å². The zero-order valence-electron chi connectivity index (χ0n) is 14.2. The Balaban J connectivity index is 1.86. The highest BCUT2D eigenvalue weighted by Crippen LogP contribution is 2.36. The molecule has 3 aromatic rings. The number of nitrogens with one attached hydrogen (secondary N) is 1. The van der Waals surface area contributed by atoms with E-state index in [0.29, 0.717) is 0 Å². The molecule has 0 radical (unpaired) electrons. The summed E-state index contributed by atoms with van der Waals surface area (Å²) in [6, 6.07) is 7.96. The molecule has 0 aliphatic carbocycles. The molecular weight excluding hydrogens is 410 g/mol. The van der Waals surface area contributed by atoms with Crippen LogP contribution in [0.5, 0.6) is 0 Å². The Morgan fingerprint density at radius 2 is 1.41 bits per heavy atom. The van der Waals surface area contributed by atoms with Crippen molar-refractivity contribution in [3.63, 3.8) is 0 Å². The van der Waals surface area contributed by atoms with Gasteiger partial charge in [0.15, 0.2) is 5.69 Å². The van der Waals surface area contributed by atoms with Gasteiger partial charge in [-0.15, -0.1) is 0 Å². The maximum atomic E-state index is 13.6. The number of nitrogens with zero attached hydrogens (tertiary/aromatic N) is 2. The number of aromatic nitrogens is 2. The summed E-state index contributed by atoms with van der Waals surface area (Å²) in [6.45, 7) is -0.244. The van der Waals surface area contributed by atoms with E-state index in [1.807, 2.05) is 0 Å². The summed E-state index contributed by atoms with van der Waals surface area (Å²) in [5.74, 6) is -1.56. The second kappa shape index (κ2) is 7.37. The van der Waals surface area contributed by atoms with Crippen LogP contribution in [-0.2, 0) is 18.9 Å². The van der Waals surface area contributed by atoms with Crippen molar-refractivity contribution in [2.75, 3.05) is 5.32 Å². The van der Waals surface area contributed by atoms with Crippen LogP contribution in [-0.4, -0.2) is 9.78 Å². The second-order valence-electron chi connectivity index (χ2n) is 5.92. The van der Waals surface area contributed by atoms with Gasteiger partial charge in [-0.25, -0.2) is 13.5 Å². The van der Waals surface area contributed by atoms with E-state index in [4.69, 9.17) is 0 Å². The quantitative estimate of drug-likeness (QED) is 0.540. The van der Waals surface area contributed by atoms with Gasteiger partial charge >= 0.3 is 12.4 Å². The molecule has 0 unspecified atom stereocenters. The van der Waals surface area contributed by atoms with E-state index in [1.54, 1.807) is 0 Å². The van der Waals surface area contributed by atoms with Gasteiger partial charge in [0.25, 0.3) is 0 Å². The van der Waals surface area contributed by atoms with E-state index < -0.39 is 35.4 Å². The molecule has 0 spiro atoms. The van der Waals surface area contributed by atoms with Gasteiger partial charge in [-0.1, -0.05) is 6.07 Å². The van der Waals surface area contributed by atoms with Crippen molar-refractivity contribution in [1.82, 2.24) is 9.78 Å². The van der Waals surface area contributed by atoms with E-state index in [-0.39, 0.29) is 34.2 Å². The molecule has 3 rings (SSSR count). The Morgan fingerprint density at radius 1 is 0.828 bits per heavy atom. The van der Waals surface area contributed by atoms with Crippen molar-refractivity contribution in [1.29, 1.82) is 0 Å². The first-order chi connectivity index (χ1) is 13.5. The summed E-state index contributed by atoms with van der Waals surface area (Å²) in [5.41, 5.74) is -3.48. The van der Waals surface area contributed by atoms with Crippen LogP contribution in [0.1, 0.15) is 17.0 Å². The number of halogens is 8. The lowest BCUT2D eigenvalue weighted by atomic mass is 10.2. The minimum Gasteiger partial charge on any atom is -0.381 e. The standard InChI is InChI=1S/C18H11F8N3/c19-13-2-1-3-14(20)12(13)9-27-10-4-6-11(7-5-10)29-16(18(24,25)26)8-15(28-29)17(21,22)23/h1-8,27H,9H2. The number of alkyl halides is 6. The Kier molecular flexibility index (Phi) is 5.24. The van der Waals surface area contributed by atoms with E-state index in [9.17, 15) is 35.1 Å². The summed E-state index contributed by atoms with van der Waals surface area (Å²) in [7, 11) is 0. The Hall–Kier alpha value is -3.11. The van der Waals surface area contributed by atoms with Crippen LogP contribution in [0.2, 0.25) is 0 Å². The summed E-state index contributed by atoms with van der Waals surface area (Å²) in [6.07, 6.45) is -10.1. The molecule has 2 aromatic carbocycles. The van der Waals surface area contributed by atoms with Crippen molar-refractivity contribution >= 4 is 5.69 Å². The SMILES string of the molecule is Fc1cccc(F)c1CNc1ccc(-n2nc(C(F)(F)F)cc2C(F)(F)F)cc1. The third-order valence-electron chi connectivity index (χ3n) is 3.93. The van der Waals surface area contributed by atoms with Gasteiger partial charge in [0, 0.05) is 23.9 Å². The monoisotopic (exact) mass is 421 g/mol. The number of benzene rings is 2. The normalized spacial score (nSPS) is 12.3. The molecular formula is C18H11F8N3. The van der Waals surface area contributed by atoms with Crippen LogP contribution in [0, 0.1) is 11.6 Å². The topological polar surface area (TPSA) is 29.9 Å². The van der Waals surface area contributed by atoms with Crippen molar-refractivity contribution in [2.24, 2.45) is 0 Å². The third-order valence-corrected chi connectivity index (χ3v) is 3.93. The van der Waals surface area contributed by atoms with Crippen LogP contribution in [0.4, 0.5) is 40.8 Å². The highest BCUT2D eigenvalue weighted by atomic mass is 19.4. The fraction of sp³-hybridized carbons (Fsp3) is 0.167. The van der Waals surface area contributed by atoms with E-state index in [1.165, 1.54) is 18.2 Å². The summed E-state index contributed by atoms with van der Waals surface area (Å²) >= 11 is 0. The van der Waals surface area contributed by atoms with Gasteiger partial charge in [-0.3, -0.25) is 0 Å². The molecule has 0 atom stereocenters.